The van der Waals surface area contributed by atoms with Gasteiger partial charge < -0.3 is 20.1 Å². The highest BCUT2D eigenvalue weighted by atomic mass is 35.5. The van der Waals surface area contributed by atoms with E-state index in [-0.39, 0.29) is 42.1 Å². The second-order valence-corrected chi connectivity index (χ2v) is 12.2. The van der Waals surface area contributed by atoms with Gasteiger partial charge in [0, 0.05) is 43.3 Å². The standard InChI is InChI=1S/C33H31Cl2F3N6OS/c1-21(2)29(42-30(45)14-27-16-40-20-44(27)17-23-11-9-22(15-39)10-12-23)19-43(18-24-5-3-8-28(34)31(24)35)32(46)41-26-7-4-6-25(13-26)33(36,37)38/h3-13,16,20-21,29H,14,17-19H2,1-2H3,(H,41,46)(H,42,45)/t29-/m1/s1. The molecule has 4 rings (SSSR count). The predicted molar refractivity (Wildman–Crippen MR) is 177 cm³/mol. The Morgan fingerprint density at radius 2 is 1.83 bits per heavy atom. The number of imidazole rings is 1. The second kappa shape index (κ2) is 15.5. The molecule has 7 nitrogen and oxygen atoms in total. The molecule has 4 aromatic rings. The van der Waals surface area contributed by atoms with Crippen LogP contribution < -0.4 is 10.6 Å². The monoisotopic (exact) mass is 686 g/mol. The minimum absolute atomic E-state index is 0.0406. The molecule has 0 spiro atoms. The number of nitrogens with zero attached hydrogens (tertiary/aromatic N) is 4. The van der Waals surface area contributed by atoms with Crippen LogP contribution in [0.1, 0.15) is 41.8 Å². The summed E-state index contributed by atoms with van der Waals surface area (Å²) in [5.41, 5.74) is 2.23. The highest BCUT2D eigenvalue weighted by molar-refractivity contribution is 7.80. The van der Waals surface area contributed by atoms with Crippen molar-refractivity contribution in [2.75, 3.05) is 11.9 Å². The van der Waals surface area contributed by atoms with Crippen molar-refractivity contribution in [1.29, 1.82) is 5.26 Å². The highest BCUT2D eigenvalue weighted by Crippen LogP contribution is 2.31. The summed E-state index contributed by atoms with van der Waals surface area (Å²) in [5, 5.41) is 15.9. The molecule has 46 heavy (non-hydrogen) atoms. The topological polar surface area (TPSA) is 86.0 Å². The van der Waals surface area contributed by atoms with Crippen LogP contribution in [0.25, 0.3) is 0 Å². The number of hydrogen-bond donors (Lipinski definition) is 2. The van der Waals surface area contributed by atoms with Gasteiger partial charge in [-0.05, 0) is 65.7 Å². The van der Waals surface area contributed by atoms with Gasteiger partial charge in [0.15, 0.2) is 5.11 Å². The molecule has 0 unspecified atom stereocenters. The summed E-state index contributed by atoms with van der Waals surface area (Å²) in [6.07, 6.45) is -1.17. The molecule has 13 heteroatoms. The Balaban J connectivity index is 1.51. The van der Waals surface area contributed by atoms with E-state index in [2.05, 4.69) is 21.7 Å². The zero-order valence-electron chi connectivity index (χ0n) is 25.0. The van der Waals surface area contributed by atoms with Gasteiger partial charge in [0.2, 0.25) is 5.91 Å². The lowest BCUT2D eigenvalue weighted by Crippen LogP contribution is -2.49. The summed E-state index contributed by atoms with van der Waals surface area (Å²) in [5.74, 6) is -0.279. The van der Waals surface area contributed by atoms with Gasteiger partial charge in [0.05, 0.1) is 40.0 Å². The Bertz CT molecular complexity index is 1720. The Hall–Kier alpha value is -4.11. The number of halogens is 5. The van der Waals surface area contributed by atoms with Crippen LogP contribution in [0.15, 0.2) is 79.3 Å². The largest absolute Gasteiger partial charge is 0.416 e. The summed E-state index contributed by atoms with van der Waals surface area (Å²) < 4.78 is 41.9. The van der Waals surface area contributed by atoms with E-state index >= 15 is 0 Å². The summed E-state index contributed by atoms with van der Waals surface area (Å²) >= 11 is 18.4. The first-order chi connectivity index (χ1) is 21.8. The fourth-order valence-electron chi connectivity index (χ4n) is 4.67. The Morgan fingerprint density at radius 3 is 2.50 bits per heavy atom. The van der Waals surface area contributed by atoms with Gasteiger partial charge in [0.1, 0.15) is 0 Å². The van der Waals surface area contributed by atoms with E-state index < -0.39 is 17.8 Å². The van der Waals surface area contributed by atoms with E-state index in [4.69, 9.17) is 40.7 Å². The van der Waals surface area contributed by atoms with Crippen LogP contribution in [0.4, 0.5) is 18.9 Å². The Kier molecular flexibility index (Phi) is 11.7. The van der Waals surface area contributed by atoms with E-state index in [1.807, 2.05) is 30.5 Å². The predicted octanol–water partition coefficient (Wildman–Crippen LogP) is 7.71. The molecule has 0 bridgehead atoms. The molecule has 240 valence electrons. The number of rotatable bonds is 11. The number of benzene rings is 3. The third-order valence-corrected chi connectivity index (χ3v) is 8.48. The number of alkyl halides is 3. The summed E-state index contributed by atoms with van der Waals surface area (Å²) in [7, 11) is 0. The number of carbonyl (C=O) groups is 1. The van der Waals surface area contributed by atoms with Crippen LogP contribution in [0.5, 0.6) is 0 Å². The zero-order chi connectivity index (χ0) is 33.4. The molecule has 0 aliphatic heterocycles. The molecule has 3 aromatic carbocycles. The molecular formula is C33H31Cl2F3N6OS. The fourth-order valence-corrected chi connectivity index (χ4v) is 5.31. The first-order valence-corrected chi connectivity index (χ1v) is 15.4. The maximum absolute atomic E-state index is 13.4. The van der Waals surface area contributed by atoms with Crippen LogP contribution in [0.2, 0.25) is 10.0 Å². The van der Waals surface area contributed by atoms with Gasteiger partial charge in [-0.15, -0.1) is 0 Å². The Labute approximate surface area is 280 Å². The van der Waals surface area contributed by atoms with Gasteiger partial charge in [0.25, 0.3) is 0 Å². The lowest BCUT2D eigenvalue weighted by Gasteiger charge is -2.33. The molecule has 1 atom stereocenters. The van der Waals surface area contributed by atoms with Crippen molar-refractivity contribution >= 4 is 52.1 Å². The van der Waals surface area contributed by atoms with Gasteiger partial charge in [-0.3, -0.25) is 4.79 Å². The lowest BCUT2D eigenvalue weighted by molar-refractivity contribution is -0.137. The molecule has 1 amide bonds. The number of nitrogens with one attached hydrogen (secondary N) is 2. The average Bonchev–Trinajstić information content (AvgIpc) is 3.44. The molecule has 0 radical (unpaired) electrons. The van der Waals surface area contributed by atoms with Crippen molar-refractivity contribution in [3.63, 3.8) is 0 Å². The van der Waals surface area contributed by atoms with Gasteiger partial charge >= 0.3 is 6.18 Å². The molecule has 0 fully saturated rings. The smallest absolute Gasteiger partial charge is 0.351 e. The van der Waals surface area contributed by atoms with E-state index in [0.717, 1.165) is 17.7 Å². The van der Waals surface area contributed by atoms with E-state index in [1.54, 1.807) is 47.8 Å². The van der Waals surface area contributed by atoms with Gasteiger partial charge in [-0.1, -0.05) is 67.4 Å². The second-order valence-electron chi connectivity index (χ2n) is 11.0. The molecule has 0 aliphatic rings. The van der Waals surface area contributed by atoms with Crippen molar-refractivity contribution in [1.82, 2.24) is 19.8 Å². The fraction of sp³-hybridized carbons (Fsp3) is 0.273. The maximum atomic E-state index is 13.4. The van der Waals surface area contributed by atoms with E-state index in [9.17, 15) is 18.0 Å². The van der Waals surface area contributed by atoms with Crippen LogP contribution in [0.3, 0.4) is 0 Å². The van der Waals surface area contributed by atoms with Crippen LogP contribution >= 0.6 is 35.4 Å². The minimum atomic E-state index is -4.52. The first-order valence-electron chi connectivity index (χ1n) is 14.3. The number of nitriles is 1. The van der Waals surface area contributed by atoms with Crippen LogP contribution in [-0.2, 0) is 30.5 Å². The van der Waals surface area contributed by atoms with Crippen molar-refractivity contribution < 1.29 is 18.0 Å². The van der Waals surface area contributed by atoms with E-state index in [0.29, 0.717) is 33.4 Å². The van der Waals surface area contributed by atoms with Crippen molar-refractivity contribution in [3.05, 3.63) is 117 Å². The molecule has 0 saturated heterocycles. The van der Waals surface area contributed by atoms with Gasteiger partial charge in [-0.2, -0.15) is 18.4 Å². The maximum Gasteiger partial charge on any atom is 0.416 e. The SMILES string of the molecule is CC(C)[C@@H](CN(Cc1cccc(Cl)c1Cl)C(=S)Nc1cccc(C(F)(F)F)c1)NC(=O)Cc1cncn1Cc1ccc(C#N)cc1. The summed E-state index contributed by atoms with van der Waals surface area (Å²) in [6, 6.07) is 18.8. The highest BCUT2D eigenvalue weighted by Gasteiger charge is 2.31. The number of amides is 1. The third-order valence-electron chi connectivity index (χ3n) is 7.27. The number of hydrogen-bond acceptors (Lipinski definition) is 4. The molecular weight excluding hydrogens is 656 g/mol. The Morgan fingerprint density at radius 1 is 1.11 bits per heavy atom. The van der Waals surface area contributed by atoms with Crippen molar-refractivity contribution in [3.8, 4) is 6.07 Å². The lowest BCUT2D eigenvalue weighted by atomic mass is 10.0. The summed E-state index contributed by atoms with van der Waals surface area (Å²) in [6.45, 7) is 4.79. The quantitative estimate of drug-likeness (QED) is 0.157. The van der Waals surface area contributed by atoms with Crippen molar-refractivity contribution in [2.45, 2.75) is 45.6 Å². The molecule has 2 N–H and O–H groups in total. The third kappa shape index (κ3) is 9.45. The van der Waals surface area contributed by atoms with Crippen LogP contribution in [0, 0.1) is 17.2 Å². The molecule has 0 aliphatic carbocycles. The minimum Gasteiger partial charge on any atom is -0.351 e. The summed E-state index contributed by atoms with van der Waals surface area (Å²) in [4.78, 5) is 19.3. The number of thiocarbonyl (C=S) groups is 1. The van der Waals surface area contributed by atoms with E-state index in [1.165, 1.54) is 12.1 Å². The molecule has 0 saturated carbocycles. The normalized spacial score (nSPS) is 12.0. The molecule has 1 heterocycles. The first kappa shape index (κ1) is 34.8. The molecule has 1 aromatic heterocycles. The van der Waals surface area contributed by atoms with Crippen molar-refractivity contribution in [2.24, 2.45) is 5.92 Å². The average molecular weight is 688 g/mol. The number of anilines is 1. The number of carbonyl (C=O) groups excluding carboxylic acids is 1. The van der Waals surface area contributed by atoms with Crippen LogP contribution in [-0.4, -0.2) is 38.1 Å². The van der Waals surface area contributed by atoms with Gasteiger partial charge in [-0.25, -0.2) is 4.98 Å². The number of aromatic nitrogens is 2. The zero-order valence-corrected chi connectivity index (χ0v) is 27.3.